The Balaban J connectivity index is 1.42. The van der Waals surface area contributed by atoms with Gasteiger partial charge in [-0.25, -0.2) is 17.5 Å². The minimum Gasteiger partial charge on any atom is -0.492 e. The highest BCUT2D eigenvalue weighted by atomic mass is 35.5. The van der Waals surface area contributed by atoms with Gasteiger partial charge in [0.05, 0.1) is 6.04 Å². The zero-order valence-electron chi connectivity index (χ0n) is 18.9. The van der Waals surface area contributed by atoms with Crippen LogP contribution >= 0.6 is 22.9 Å². The maximum absolute atomic E-state index is 13.1. The van der Waals surface area contributed by atoms with E-state index in [1.165, 1.54) is 29.7 Å². The van der Waals surface area contributed by atoms with Crippen LogP contribution in [0.2, 0.25) is 5.02 Å². The van der Waals surface area contributed by atoms with Crippen LogP contribution in [0.4, 0.5) is 15.8 Å². The Kier molecular flexibility index (Phi) is 7.42. The highest BCUT2D eigenvalue weighted by molar-refractivity contribution is 7.91. The van der Waals surface area contributed by atoms with E-state index in [4.69, 9.17) is 21.7 Å². The van der Waals surface area contributed by atoms with Gasteiger partial charge in [0.25, 0.3) is 10.0 Å². The van der Waals surface area contributed by atoms with E-state index in [1.54, 1.807) is 56.3 Å². The molecule has 0 aliphatic rings. The van der Waals surface area contributed by atoms with Crippen LogP contribution in [-0.4, -0.2) is 27.3 Å². The maximum Gasteiger partial charge on any atom is 0.250 e. The van der Waals surface area contributed by atoms with E-state index < -0.39 is 16.1 Å². The van der Waals surface area contributed by atoms with Crippen molar-refractivity contribution in [3.63, 3.8) is 0 Å². The van der Waals surface area contributed by atoms with Gasteiger partial charge in [0, 0.05) is 32.9 Å². The Morgan fingerprint density at radius 2 is 1.89 bits per heavy atom. The van der Waals surface area contributed by atoms with Crippen molar-refractivity contribution in [1.29, 1.82) is 5.41 Å². The maximum atomic E-state index is 13.1. The van der Waals surface area contributed by atoms with E-state index >= 15 is 0 Å². The van der Waals surface area contributed by atoms with Gasteiger partial charge in [-0.05, 0) is 85.5 Å². The van der Waals surface area contributed by atoms with E-state index in [0.29, 0.717) is 33.3 Å². The van der Waals surface area contributed by atoms with Gasteiger partial charge < -0.3 is 15.5 Å². The van der Waals surface area contributed by atoms with Crippen LogP contribution in [0.25, 0.3) is 10.1 Å². The fraction of sp³-hybridized carbons (Fsp3) is 0.160. The van der Waals surface area contributed by atoms with Gasteiger partial charge in [-0.2, -0.15) is 0 Å². The van der Waals surface area contributed by atoms with E-state index in [0.717, 1.165) is 10.1 Å². The van der Waals surface area contributed by atoms with Crippen LogP contribution in [0.15, 0.2) is 64.9 Å². The first-order valence-corrected chi connectivity index (χ1v) is 13.3. The van der Waals surface area contributed by atoms with Crippen molar-refractivity contribution in [2.24, 2.45) is 0 Å². The van der Waals surface area contributed by atoms with E-state index in [2.05, 4.69) is 10.0 Å². The number of rotatable bonds is 9. The summed E-state index contributed by atoms with van der Waals surface area (Å²) in [5.41, 5.74) is 2.57. The second-order valence-corrected chi connectivity index (χ2v) is 11.4. The van der Waals surface area contributed by atoms with E-state index in [-0.39, 0.29) is 16.6 Å². The molecular formula is C25H23ClFN3O3S2. The number of aryl methyl sites for hydroxylation is 1. The quantitative estimate of drug-likeness (QED) is 0.215. The average molecular weight is 532 g/mol. The average Bonchev–Trinajstić information content (AvgIpc) is 3.16. The first-order chi connectivity index (χ1) is 16.7. The third kappa shape index (κ3) is 5.82. The molecule has 1 aromatic heterocycles. The molecule has 3 N–H and O–H groups in total. The third-order valence-corrected chi connectivity index (χ3v) is 8.97. The van der Waals surface area contributed by atoms with Crippen molar-refractivity contribution in [2.45, 2.75) is 24.1 Å². The highest BCUT2D eigenvalue weighted by Gasteiger charge is 2.24. The Labute approximate surface area is 212 Å². The third-order valence-electron chi connectivity index (χ3n) is 5.26. The largest absolute Gasteiger partial charge is 0.492 e. The Morgan fingerprint density at radius 3 is 2.60 bits per heavy atom. The van der Waals surface area contributed by atoms with Crippen LogP contribution < -0.4 is 14.8 Å². The number of anilines is 2. The molecule has 0 saturated carbocycles. The minimum absolute atomic E-state index is 0.0944. The SMILES string of the molecule is Cc1c(S(=O)(=O)N[C@@H](C)COc2ccc(Nc3ccc(F)cc3)c(C=N)c2)sc2ccc(Cl)cc12. The lowest BCUT2D eigenvalue weighted by molar-refractivity contribution is 0.287. The van der Waals surface area contributed by atoms with Crippen molar-refractivity contribution >= 4 is 60.6 Å². The predicted octanol–water partition coefficient (Wildman–Crippen LogP) is 6.49. The van der Waals surface area contributed by atoms with Gasteiger partial charge >= 0.3 is 0 Å². The van der Waals surface area contributed by atoms with Crippen molar-refractivity contribution in [1.82, 2.24) is 4.72 Å². The van der Waals surface area contributed by atoms with E-state index in [9.17, 15) is 12.8 Å². The normalized spacial score (nSPS) is 12.5. The van der Waals surface area contributed by atoms with Gasteiger partial charge in [-0.3, -0.25) is 0 Å². The molecule has 182 valence electrons. The molecular weight excluding hydrogens is 509 g/mol. The van der Waals surface area contributed by atoms with Crippen molar-refractivity contribution in [3.8, 4) is 5.75 Å². The summed E-state index contributed by atoms with van der Waals surface area (Å²) in [6.45, 7) is 3.58. The Morgan fingerprint density at radius 1 is 1.14 bits per heavy atom. The van der Waals surface area contributed by atoms with E-state index in [1.807, 2.05) is 6.07 Å². The molecule has 0 aliphatic carbocycles. The number of nitrogens with one attached hydrogen (secondary N) is 3. The number of halogens is 2. The molecule has 4 rings (SSSR count). The summed E-state index contributed by atoms with van der Waals surface area (Å²) in [6, 6.07) is 15.9. The number of hydrogen-bond acceptors (Lipinski definition) is 6. The fourth-order valence-corrected chi connectivity index (χ4v) is 6.72. The number of sulfonamides is 1. The van der Waals surface area contributed by atoms with Crippen molar-refractivity contribution < 1.29 is 17.5 Å². The number of hydrogen-bond donors (Lipinski definition) is 3. The molecule has 0 radical (unpaired) electrons. The molecule has 0 unspecified atom stereocenters. The molecule has 10 heteroatoms. The first-order valence-electron chi connectivity index (χ1n) is 10.7. The molecule has 6 nitrogen and oxygen atoms in total. The lowest BCUT2D eigenvalue weighted by Crippen LogP contribution is -2.36. The summed E-state index contributed by atoms with van der Waals surface area (Å²) in [5, 5.41) is 12.2. The fourth-order valence-electron chi connectivity index (χ4n) is 3.55. The molecule has 0 fully saturated rings. The topological polar surface area (TPSA) is 91.3 Å². The summed E-state index contributed by atoms with van der Waals surface area (Å²) in [4.78, 5) is 0. The standard InChI is InChI=1S/C25H23ClFN3O3S2/c1-15(30-35(31,32)25-16(2)22-12-18(26)3-10-24(22)34-25)14-33-21-8-9-23(17(11-21)13-28)29-20-6-4-19(27)5-7-20/h3-13,15,28-30H,14H2,1-2H3/t15-/m0/s1. The molecule has 0 spiro atoms. The highest BCUT2D eigenvalue weighted by Crippen LogP contribution is 2.35. The lowest BCUT2D eigenvalue weighted by atomic mass is 10.1. The van der Waals surface area contributed by atoms with Crippen LogP contribution in [0.1, 0.15) is 18.1 Å². The molecule has 0 aliphatic heterocycles. The molecule has 4 aromatic rings. The number of ether oxygens (including phenoxy) is 1. The van der Waals surface area contributed by atoms with Crippen LogP contribution in [0.3, 0.4) is 0 Å². The minimum atomic E-state index is -3.75. The van der Waals surface area contributed by atoms with Gasteiger partial charge in [-0.1, -0.05) is 11.6 Å². The molecule has 1 atom stereocenters. The van der Waals surface area contributed by atoms with Gasteiger partial charge in [-0.15, -0.1) is 11.3 Å². The molecule has 3 aromatic carbocycles. The molecule has 35 heavy (non-hydrogen) atoms. The Hall–Kier alpha value is -2.98. The second kappa shape index (κ2) is 10.3. The summed E-state index contributed by atoms with van der Waals surface area (Å²) in [5.74, 6) is 0.162. The zero-order valence-corrected chi connectivity index (χ0v) is 21.3. The smallest absolute Gasteiger partial charge is 0.250 e. The predicted molar refractivity (Wildman–Crippen MR) is 141 cm³/mol. The van der Waals surface area contributed by atoms with Crippen molar-refractivity contribution in [2.75, 3.05) is 11.9 Å². The molecule has 0 amide bonds. The van der Waals surface area contributed by atoms with Crippen LogP contribution in [0, 0.1) is 18.2 Å². The molecule has 0 saturated heterocycles. The number of benzene rings is 3. The summed E-state index contributed by atoms with van der Waals surface area (Å²) in [6.07, 6.45) is 1.18. The van der Waals surface area contributed by atoms with Crippen molar-refractivity contribution in [3.05, 3.63) is 82.6 Å². The zero-order chi connectivity index (χ0) is 25.2. The number of thiophene rings is 1. The monoisotopic (exact) mass is 531 g/mol. The molecule has 1 heterocycles. The molecule has 0 bridgehead atoms. The Bertz CT molecular complexity index is 1490. The second-order valence-electron chi connectivity index (χ2n) is 8.01. The van der Waals surface area contributed by atoms with Gasteiger partial charge in [0.2, 0.25) is 0 Å². The van der Waals surface area contributed by atoms with Gasteiger partial charge in [0.15, 0.2) is 0 Å². The van der Waals surface area contributed by atoms with Crippen LogP contribution in [0.5, 0.6) is 5.75 Å². The van der Waals surface area contributed by atoms with Crippen LogP contribution in [-0.2, 0) is 10.0 Å². The summed E-state index contributed by atoms with van der Waals surface area (Å²) < 4.78 is 48.7. The van der Waals surface area contributed by atoms with Gasteiger partial charge in [0.1, 0.15) is 22.4 Å². The summed E-state index contributed by atoms with van der Waals surface area (Å²) >= 11 is 7.27. The summed E-state index contributed by atoms with van der Waals surface area (Å²) in [7, 11) is -3.75. The number of fused-ring (bicyclic) bond motifs is 1. The lowest BCUT2D eigenvalue weighted by Gasteiger charge is -2.16. The first kappa shape index (κ1) is 25.1.